The van der Waals surface area contributed by atoms with Crippen molar-refractivity contribution in [3.8, 4) is 23.0 Å². The monoisotopic (exact) mass is 439 g/mol. The molecule has 2 N–H and O–H groups in total. The number of unbranched alkanes of at least 4 members (excludes halogenated alkanes) is 1. The summed E-state index contributed by atoms with van der Waals surface area (Å²) >= 11 is 0. The van der Waals surface area contributed by atoms with Crippen LogP contribution in [0.25, 0.3) is 5.76 Å². The summed E-state index contributed by atoms with van der Waals surface area (Å²) in [6, 6.07) is 8.71. The Morgan fingerprint density at radius 1 is 1.12 bits per heavy atom. The Bertz CT molecular complexity index is 1090. The maximum atomic E-state index is 13.0. The Kier molecular flexibility index (Phi) is 5.94. The standard InChI is InChI=1S/C24H25NO7/c1-3-5-10-25-21(14-6-8-16(26)18(11-14)30-4-2)20(23(28)24(25)29)22(27)15-7-9-17-19(12-15)32-13-31-17/h6-9,11-12,21,26-27H,3-5,10,13H2,1-2H3/b22-20+. The number of aliphatic hydroxyl groups excluding tert-OH is 1. The number of ether oxygens (including phenoxy) is 3. The Balaban J connectivity index is 1.85. The lowest BCUT2D eigenvalue weighted by Crippen LogP contribution is -2.30. The average molecular weight is 439 g/mol. The van der Waals surface area contributed by atoms with Crippen LogP contribution in [0.15, 0.2) is 42.0 Å². The van der Waals surface area contributed by atoms with Gasteiger partial charge in [0, 0.05) is 12.1 Å². The number of carbonyl (C=O) groups is 2. The molecule has 1 amide bonds. The Labute approximate surface area is 185 Å². The molecule has 2 aliphatic heterocycles. The molecule has 0 bridgehead atoms. The van der Waals surface area contributed by atoms with E-state index in [0.717, 1.165) is 6.42 Å². The summed E-state index contributed by atoms with van der Waals surface area (Å²) in [4.78, 5) is 27.4. The van der Waals surface area contributed by atoms with Crippen molar-refractivity contribution in [2.75, 3.05) is 19.9 Å². The number of aromatic hydroxyl groups is 1. The van der Waals surface area contributed by atoms with Crippen LogP contribution in [-0.4, -0.2) is 46.7 Å². The zero-order valence-corrected chi connectivity index (χ0v) is 18.0. The van der Waals surface area contributed by atoms with E-state index in [-0.39, 0.29) is 29.6 Å². The van der Waals surface area contributed by atoms with Crippen LogP contribution in [0.2, 0.25) is 0 Å². The van der Waals surface area contributed by atoms with Crippen molar-refractivity contribution in [2.24, 2.45) is 0 Å². The highest BCUT2D eigenvalue weighted by molar-refractivity contribution is 6.46. The number of carbonyl (C=O) groups excluding carboxylic acids is 2. The molecule has 4 rings (SSSR count). The minimum Gasteiger partial charge on any atom is -0.507 e. The number of phenolic OH excluding ortho intramolecular Hbond substituents is 1. The van der Waals surface area contributed by atoms with Crippen LogP contribution in [0.3, 0.4) is 0 Å². The minimum absolute atomic E-state index is 0.0156. The van der Waals surface area contributed by atoms with E-state index in [1.807, 2.05) is 6.92 Å². The number of rotatable bonds is 7. The summed E-state index contributed by atoms with van der Waals surface area (Å²) in [6.07, 6.45) is 1.53. The number of nitrogens with zero attached hydrogens (tertiary/aromatic N) is 1. The van der Waals surface area contributed by atoms with Crippen LogP contribution < -0.4 is 14.2 Å². The van der Waals surface area contributed by atoms with E-state index in [1.54, 1.807) is 37.3 Å². The van der Waals surface area contributed by atoms with Crippen molar-refractivity contribution < 1.29 is 34.0 Å². The van der Waals surface area contributed by atoms with Gasteiger partial charge in [0.15, 0.2) is 23.0 Å². The molecule has 1 saturated heterocycles. The molecule has 2 aromatic carbocycles. The molecule has 8 nitrogen and oxygen atoms in total. The van der Waals surface area contributed by atoms with Crippen molar-refractivity contribution in [3.05, 3.63) is 53.1 Å². The molecule has 1 atom stereocenters. The molecule has 2 aliphatic rings. The molecule has 2 aromatic rings. The summed E-state index contributed by atoms with van der Waals surface area (Å²) in [5, 5.41) is 21.2. The minimum atomic E-state index is -0.813. The number of hydrogen-bond acceptors (Lipinski definition) is 7. The lowest BCUT2D eigenvalue weighted by molar-refractivity contribution is -0.139. The van der Waals surface area contributed by atoms with E-state index in [1.165, 1.54) is 11.0 Å². The number of ketones is 1. The number of likely N-dealkylation sites (tertiary alicyclic amines) is 1. The van der Waals surface area contributed by atoms with Crippen LogP contribution >= 0.6 is 0 Å². The van der Waals surface area contributed by atoms with Crippen molar-refractivity contribution in [1.82, 2.24) is 4.90 Å². The van der Waals surface area contributed by atoms with Gasteiger partial charge in [-0.1, -0.05) is 19.4 Å². The smallest absolute Gasteiger partial charge is 0.295 e. The molecular formula is C24H25NO7. The summed E-state index contributed by atoms with van der Waals surface area (Å²) in [5.74, 6) is -0.526. The summed E-state index contributed by atoms with van der Waals surface area (Å²) in [5.41, 5.74) is 0.888. The van der Waals surface area contributed by atoms with E-state index >= 15 is 0 Å². The molecule has 0 aromatic heterocycles. The maximum Gasteiger partial charge on any atom is 0.295 e. The first-order chi connectivity index (χ1) is 15.5. The van der Waals surface area contributed by atoms with Crippen LogP contribution in [0.5, 0.6) is 23.0 Å². The Morgan fingerprint density at radius 3 is 2.66 bits per heavy atom. The number of Topliss-reactive ketones (excluding diaryl/α,β-unsaturated/α-hetero) is 1. The first kappa shape index (κ1) is 21.5. The van der Waals surface area contributed by atoms with Gasteiger partial charge in [-0.15, -0.1) is 0 Å². The van der Waals surface area contributed by atoms with Gasteiger partial charge in [-0.3, -0.25) is 9.59 Å². The topological polar surface area (TPSA) is 106 Å². The van der Waals surface area contributed by atoms with E-state index in [0.29, 0.717) is 42.2 Å². The number of hydrogen-bond donors (Lipinski definition) is 2. The van der Waals surface area contributed by atoms with E-state index in [4.69, 9.17) is 14.2 Å². The summed E-state index contributed by atoms with van der Waals surface area (Å²) in [7, 11) is 0. The molecule has 2 heterocycles. The molecule has 0 aliphatic carbocycles. The highest BCUT2D eigenvalue weighted by Gasteiger charge is 2.46. The zero-order valence-electron chi connectivity index (χ0n) is 18.0. The number of amides is 1. The average Bonchev–Trinajstić information content (AvgIpc) is 3.36. The van der Waals surface area contributed by atoms with Crippen LogP contribution in [0.1, 0.15) is 43.9 Å². The molecule has 0 radical (unpaired) electrons. The third-order valence-corrected chi connectivity index (χ3v) is 5.54. The fourth-order valence-electron chi connectivity index (χ4n) is 3.96. The third kappa shape index (κ3) is 3.72. The Hall–Kier alpha value is -3.68. The Morgan fingerprint density at radius 2 is 1.91 bits per heavy atom. The van der Waals surface area contributed by atoms with Gasteiger partial charge in [-0.2, -0.15) is 0 Å². The quantitative estimate of drug-likeness (QED) is 0.385. The fraction of sp³-hybridized carbons (Fsp3) is 0.333. The number of fused-ring (bicyclic) bond motifs is 1. The SMILES string of the molecule is CCCCN1C(=O)C(=O)/C(=C(/O)c2ccc3c(c2)OCO3)C1c1ccc(O)c(OCC)c1. The van der Waals surface area contributed by atoms with Crippen molar-refractivity contribution >= 4 is 17.4 Å². The fourth-order valence-corrected chi connectivity index (χ4v) is 3.96. The highest BCUT2D eigenvalue weighted by atomic mass is 16.7. The van der Waals surface area contributed by atoms with Gasteiger partial charge in [0.25, 0.3) is 11.7 Å². The van der Waals surface area contributed by atoms with Gasteiger partial charge in [0.1, 0.15) is 5.76 Å². The van der Waals surface area contributed by atoms with Gasteiger partial charge >= 0.3 is 0 Å². The third-order valence-electron chi connectivity index (χ3n) is 5.54. The second-order valence-electron chi connectivity index (χ2n) is 7.57. The largest absolute Gasteiger partial charge is 0.507 e. The van der Waals surface area contributed by atoms with E-state index in [9.17, 15) is 19.8 Å². The molecule has 1 fully saturated rings. The highest BCUT2D eigenvalue weighted by Crippen LogP contribution is 2.43. The lowest BCUT2D eigenvalue weighted by atomic mass is 9.94. The predicted molar refractivity (Wildman–Crippen MR) is 116 cm³/mol. The molecule has 1 unspecified atom stereocenters. The number of phenols is 1. The summed E-state index contributed by atoms with van der Waals surface area (Å²) < 4.78 is 16.2. The summed E-state index contributed by atoms with van der Waals surface area (Å²) in [6.45, 7) is 4.55. The van der Waals surface area contributed by atoms with Gasteiger partial charge < -0.3 is 29.3 Å². The van der Waals surface area contributed by atoms with Crippen molar-refractivity contribution in [2.45, 2.75) is 32.7 Å². The van der Waals surface area contributed by atoms with Crippen LogP contribution in [0, 0.1) is 0 Å². The maximum absolute atomic E-state index is 13.0. The predicted octanol–water partition coefficient (Wildman–Crippen LogP) is 3.74. The van der Waals surface area contributed by atoms with E-state index < -0.39 is 17.7 Å². The van der Waals surface area contributed by atoms with Crippen LogP contribution in [0.4, 0.5) is 0 Å². The molecule has 32 heavy (non-hydrogen) atoms. The zero-order chi connectivity index (χ0) is 22.8. The molecular weight excluding hydrogens is 414 g/mol. The van der Waals surface area contributed by atoms with Gasteiger partial charge in [-0.25, -0.2) is 0 Å². The molecule has 0 saturated carbocycles. The molecule has 168 valence electrons. The first-order valence-electron chi connectivity index (χ1n) is 10.6. The second-order valence-corrected chi connectivity index (χ2v) is 7.57. The van der Waals surface area contributed by atoms with Gasteiger partial charge in [-0.05, 0) is 49.2 Å². The van der Waals surface area contributed by atoms with E-state index in [2.05, 4.69) is 0 Å². The van der Waals surface area contributed by atoms with Crippen LogP contribution in [-0.2, 0) is 9.59 Å². The number of benzene rings is 2. The molecule has 8 heteroatoms. The van der Waals surface area contributed by atoms with Gasteiger partial charge in [0.05, 0.1) is 18.2 Å². The van der Waals surface area contributed by atoms with Crippen molar-refractivity contribution in [3.63, 3.8) is 0 Å². The van der Waals surface area contributed by atoms with Crippen molar-refractivity contribution in [1.29, 1.82) is 0 Å². The normalized spacial score (nSPS) is 18.9. The second kappa shape index (κ2) is 8.82. The first-order valence-corrected chi connectivity index (χ1v) is 10.6. The molecule has 0 spiro atoms. The number of aliphatic hydroxyl groups is 1. The lowest BCUT2D eigenvalue weighted by Gasteiger charge is -2.25. The van der Waals surface area contributed by atoms with Gasteiger partial charge in [0.2, 0.25) is 6.79 Å².